The first-order chi connectivity index (χ1) is 10.9. The van der Waals surface area contributed by atoms with Crippen molar-refractivity contribution < 1.29 is 9.15 Å². The van der Waals surface area contributed by atoms with E-state index in [1.165, 1.54) is 0 Å². The molecule has 1 saturated heterocycles. The minimum Gasteiger partial charge on any atom is -0.453 e. The summed E-state index contributed by atoms with van der Waals surface area (Å²) in [6, 6.07) is 10.3. The van der Waals surface area contributed by atoms with Gasteiger partial charge in [-0.05, 0) is 25.1 Å². The summed E-state index contributed by atoms with van der Waals surface area (Å²) in [5, 5.41) is 4.53. The lowest BCUT2D eigenvalue weighted by Gasteiger charge is -2.32. The molecule has 1 N–H and O–H groups in total. The smallest absolute Gasteiger partial charge is 0.176 e. The first-order valence-electron chi connectivity index (χ1n) is 7.62. The Kier molecular flexibility index (Phi) is 3.44. The molecule has 1 fully saturated rings. The molecule has 1 aliphatic heterocycles. The van der Waals surface area contributed by atoms with E-state index in [0.717, 1.165) is 42.1 Å². The molecule has 3 aromatic rings. The van der Waals surface area contributed by atoms with Gasteiger partial charge < -0.3 is 19.0 Å². The SMILES string of the molecule is CO[C@H]1CCNC[C@H]1n1ccnc1-c1cc2ccccc2o1. The Morgan fingerprint density at radius 2 is 2.27 bits per heavy atom. The number of fused-ring (bicyclic) bond motifs is 1. The van der Waals surface area contributed by atoms with Gasteiger partial charge in [0.25, 0.3) is 0 Å². The fraction of sp³-hybridized carbons (Fsp3) is 0.353. The lowest BCUT2D eigenvalue weighted by molar-refractivity contribution is 0.0364. The van der Waals surface area contributed by atoms with Crippen LogP contribution in [0.15, 0.2) is 47.1 Å². The minimum atomic E-state index is 0.193. The third kappa shape index (κ3) is 2.23. The third-order valence-corrected chi connectivity index (χ3v) is 4.36. The lowest BCUT2D eigenvalue weighted by Crippen LogP contribution is -2.42. The number of imidazole rings is 1. The van der Waals surface area contributed by atoms with Crippen molar-refractivity contribution in [3.63, 3.8) is 0 Å². The van der Waals surface area contributed by atoms with Crippen LogP contribution in [-0.2, 0) is 4.74 Å². The molecule has 0 amide bonds. The Bertz CT molecular complexity index is 744. The zero-order chi connectivity index (χ0) is 14.9. The summed E-state index contributed by atoms with van der Waals surface area (Å²) >= 11 is 0. The molecule has 0 unspecified atom stereocenters. The Morgan fingerprint density at radius 1 is 1.36 bits per heavy atom. The molecule has 0 saturated carbocycles. The van der Waals surface area contributed by atoms with E-state index in [-0.39, 0.29) is 12.1 Å². The normalized spacial score (nSPS) is 22.2. The Labute approximate surface area is 128 Å². The lowest BCUT2D eigenvalue weighted by atomic mass is 10.0. The van der Waals surface area contributed by atoms with Crippen molar-refractivity contribution in [3.8, 4) is 11.6 Å². The van der Waals surface area contributed by atoms with Crippen molar-refractivity contribution in [2.45, 2.75) is 18.6 Å². The minimum absolute atomic E-state index is 0.193. The van der Waals surface area contributed by atoms with Gasteiger partial charge in [0.1, 0.15) is 5.58 Å². The maximum Gasteiger partial charge on any atom is 0.176 e. The maximum atomic E-state index is 5.97. The van der Waals surface area contributed by atoms with Crippen LogP contribution in [0.3, 0.4) is 0 Å². The molecule has 3 heterocycles. The summed E-state index contributed by atoms with van der Waals surface area (Å²) in [6.45, 7) is 1.87. The van der Waals surface area contributed by atoms with Gasteiger partial charge in [-0.2, -0.15) is 0 Å². The van der Waals surface area contributed by atoms with Gasteiger partial charge in [0.15, 0.2) is 11.6 Å². The highest BCUT2D eigenvalue weighted by molar-refractivity contribution is 5.81. The molecular weight excluding hydrogens is 278 g/mol. The van der Waals surface area contributed by atoms with Gasteiger partial charge in [0, 0.05) is 31.4 Å². The highest BCUT2D eigenvalue weighted by Gasteiger charge is 2.28. The van der Waals surface area contributed by atoms with Gasteiger partial charge in [-0.25, -0.2) is 4.98 Å². The molecule has 2 aromatic heterocycles. The van der Waals surface area contributed by atoms with E-state index in [2.05, 4.69) is 20.9 Å². The monoisotopic (exact) mass is 297 g/mol. The number of ether oxygens (including phenoxy) is 1. The molecule has 4 rings (SSSR count). The van der Waals surface area contributed by atoms with Gasteiger partial charge in [-0.1, -0.05) is 18.2 Å². The van der Waals surface area contributed by atoms with Crippen LogP contribution in [0.25, 0.3) is 22.6 Å². The molecule has 0 bridgehead atoms. The number of furan rings is 1. The number of methoxy groups -OCH3 is 1. The van der Waals surface area contributed by atoms with Gasteiger partial charge in [-0.15, -0.1) is 0 Å². The summed E-state index contributed by atoms with van der Waals surface area (Å²) < 4.78 is 13.8. The van der Waals surface area contributed by atoms with Crippen molar-refractivity contribution in [3.05, 3.63) is 42.7 Å². The van der Waals surface area contributed by atoms with Crippen LogP contribution in [0.1, 0.15) is 12.5 Å². The van der Waals surface area contributed by atoms with Crippen molar-refractivity contribution in [1.82, 2.24) is 14.9 Å². The molecule has 2 atom stereocenters. The molecule has 114 valence electrons. The summed E-state index contributed by atoms with van der Waals surface area (Å²) in [7, 11) is 1.78. The second kappa shape index (κ2) is 5.59. The highest BCUT2D eigenvalue weighted by Crippen LogP contribution is 2.30. The fourth-order valence-corrected chi connectivity index (χ4v) is 3.23. The highest BCUT2D eigenvalue weighted by atomic mass is 16.5. The van der Waals surface area contributed by atoms with Crippen LogP contribution in [-0.4, -0.2) is 35.9 Å². The average molecular weight is 297 g/mol. The van der Waals surface area contributed by atoms with Crippen LogP contribution >= 0.6 is 0 Å². The predicted molar refractivity (Wildman–Crippen MR) is 84.8 cm³/mol. The van der Waals surface area contributed by atoms with Crippen LogP contribution in [0, 0.1) is 0 Å². The maximum absolute atomic E-state index is 5.97. The number of rotatable bonds is 3. The van der Waals surface area contributed by atoms with Crippen molar-refractivity contribution >= 4 is 11.0 Å². The summed E-state index contributed by atoms with van der Waals surface area (Å²) in [5.74, 6) is 1.65. The van der Waals surface area contributed by atoms with Crippen molar-refractivity contribution in [2.75, 3.05) is 20.2 Å². The van der Waals surface area contributed by atoms with E-state index >= 15 is 0 Å². The number of benzene rings is 1. The predicted octanol–water partition coefficient (Wildman–Crippen LogP) is 2.85. The third-order valence-electron chi connectivity index (χ3n) is 4.36. The molecule has 22 heavy (non-hydrogen) atoms. The van der Waals surface area contributed by atoms with E-state index in [1.54, 1.807) is 7.11 Å². The van der Waals surface area contributed by atoms with Crippen LogP contribution in [0.5, 0.6) is 0 Å². The Balaban J connectivity index is 1.75. The van der Waals surface area contributed by atoms with E-state index in [4.69, 9.17) is 9.15 Å². The first-order valence-corrected chi connectivity index (χ1v) is 7.62. The van der Waals surface area contributed by atoms with Crippen molar-refractivity contribution in [2.24, 2.45) is 0 Å². The zero-order valence-corrected chi connectivity index (χ0v) is 12.5. The largest absolute Gasteiger partial charge is 0.453 e. The summed E-state index contributed by atoms with van der Waals surface area (Å²) in [4.78, 5) is 4.51. The first kappa shape index (κ1) is 13.5. The number of para-hydroxylation sites is 1. The number of nitrogens with zero attached hydrogens (tertiary/aromatic N) is 2. The molecule has 5 nitrogen and oxygen atoms in total. The summed E-state index contributed by atoms with van der Waals surface area (Å²) in [5.41, 5.74) is 0.886. The molecule has 0 radical (unpaired) electrons. The molecule has 5 heteroatoms. The molecule has 1 aromatic carbocycles. The fourth-order valence-electron chi connectivity index (χ4n) is 3.23. The quantitative estimate of drug-likeness (QED) is 0.807. The standard InChI is InChI=1S/C17H19N3O2/c1-21-15-6-7-18-11-13(15)20-9-8-19-17(20)16-10-12-4-2-3-5-14(12)22-16/h2-5,8-10,13,15,18H,6-7,11H2,1H3/t13-,15+/m1/s1. The topological polar surface area (TPSA) is 52.2 Å². The Hall–Kier alpha value is -2.11. The van der Waals surface area contributed by atoms with E-state index < -0.39 is 0 Å². The zero-order valence-electron chi connectivity index (χ0n) is 12.5. The van der Waals surface area contributed by atoms with Gasteiger partial charge in [0.2, 0.25) is 0 Å². The summed E-state index contributed by atoms with van der Waals surface area (Å²) in [6.07, 6.45) is 5.02. The van der Waals surface area contributed by atoms with Gasteiger partial charge in [-0.3, -0.25) is 0 Å². The van der Waals surface area contributed by atoms with E-state index in [9.17, 15) is 0 Å². The van der Waals surface area contributed by atoms with E-state index in [0.29, 0.717) is 0 Å². The number of hydrogen-bond donors (Lipinski definition) is 1. The van der Waals surface area contributed by atoms with Gasteiger partial charge >= 0.3 is 0 Å². The average Bonchev–Trinajstić information content (AvgIpc) is 3.20. The van der Waals surface area contributed by atoms with Crippen LogP contribution in [0.2, 0.25) is 0 Å². The molecule has 0 aliphatic carbocycles. The number of piperidine rings is 1. The molecule has 0 spiro atoms. The van der Waals surface area contributed by atoms with E-state index in [1.807, 2.05) is 36.7 Å². The number of aromatic nitrogens is 2. The second-order valence-corrected chi connectivity index (χ2v) is 5.64. The molecule has 1 aliphatic rings. The number of nitrogens with one attached hydrogen (secondary N) is 1. The Morgan fingerprint density at radius 3 is 3.14 bits per heavy atom. The molecular formula is C17H19N3O2. The number of hydrogen-bond acceptors (Lipinski definition) is 4. The van der Waals surface area contributed by atoms with Crippen molar-refractivity contribution in [1.29, 1.82) is 0 Å². The second-order valence-electron chi connectivity index (χ2n) is 5.64. The van der Waals surface area contributed by atoms with Crippen LogP contribution in [0.4, 0.5) is 0 Å². The van der Waals surface area contributed by atoms with Gasteiger partial charge in [0.05, 0.1) is 12.1 Å². The van der Waals surface area contributed by atoms with Crippen LogP contribution < -0.4 is 5.32 Å².